The highest BCUT2D eigenvalue weighted by Crippen LogP contribution is 2.24. The zero-order valence-electron chi connectivity index (χ0n) is 11.2. The van der Waals surface area contributed by atoms with E-state index in [1.807, 2.05) is 0 Å². The predicted octanol–water partition coefficient (Wildman–Crippen LogP) is 1.06. The van der Waals surface area contributed by atoms with E-state index in [0.29, 0.717) is 23.6 Å². The Labute approximate surface area is 124 Å². The summed E-state index contributed by atoms with van der Waals surface area (Å²) in [5.41, 5.74) is 11.8. The lowest BCUT2D eigenvalue weighted by molar-refractivity contribution is 0.0927. The summed E-state index contributed by atoms with van der Waals surface area (Å²) in [6.07, 6.45) is 3.16. The van der Waals surface area contributed by atoms with E-state index >= 15 is 0 Å². The highest BCUT2D eigenvalue weighted by molar-refractivity contribution is 5.97. The minimum atomic E-state index is -0.494. The topological polar surface area (TPSA) is 98.2 Å². The zero-order chi connectivity index (χ0) is 13.8. The SMILES string of the molecule is Cl.NCC1CCCC1NC(=O)c1ccc(C(N)=O)cc1. The monoisotopic (exact) mass is 297 g/mol. The molecule has 1 fully saturated rings. The fourth-order valence-corrected chi connectivity index (χ4v) is 2.55. The van der Waals surface area contributed by atoms with Crippen LogP contribution in [0, 0.1) is 5.92 Å². The lowest BCUT2D eigenvalue weighted by Gasteiger charge is -2.19. The van der Waals surface area contributed by atoms with Crippen molar-refractivity contribution in [1.82, 2.24) is 5.32 Å². The number of carbonyl (C=O) groups excluding carboxylic acids is 2. The second-order valence-corrected chi connectivity index (χ2v) is 4.95. The Hall–Kier alpha value is -1.59. The smallest absolute Gasteiger partial charge is 0.251 e. The molecule has 20 heavy (non-hydrogen) atoms. The highest BCUT2D eigenvalue weighted by Gasteiger charge is 2.27. The van der Waals surface area contributed by atoms with Crippen LogP contribution in [0.5, 0.6) is 0 Å². The molecule has 0 saturated heterocycles. The van der Waals surface area contributed by atoms with Gasteiger partial charge in [0.25, 0.3) is 5.91 Å². The third-order valence-electron chi connectivity index (χ3n) is 3.71. The summed E-state index contributed by atoms with van der Waals surface area (Å²) in [5.74, 6) is -0.249. The van der Waals surface area contributed by atoms with Gasteiger partial charge >= 0.3 is 0 Å². The number of halogens is 1. The molecule has 0 aromatic heterocycles. The largest absolute Gasteiger partial charge is 0.366 e. The molecule has 0 bridgehead atoms. The summed E-state index contributed by atoms with van der Waals surface area (Å²) in [6, 6.07) is 6.51. The van der Waals surface area contributed by atoms with Crippen LogP contribution >= 0.6 is 12.4 Å². The quantitative estimate of drug-likeness (QED) is 0.775. The van der Waals surface area contributed by atoms with Gasteiger partial charge in [-0.1, -0.05) is 6.42 Å². The van der Waals surface area contributed by atoms with Crippen molar-refractivity contribution < 1.29 is 9.59 Å². The molecule has 6 heteroatoms. The third kappa shape index (κ3) is 3.71. The molecule has 1 saturated carbocycles. The molecule has 1 aliphatic carbocycles. The van der Waals surface area contributed by atoms with Crippen molar-refractivity contribution in [3.05, 3.63) is 35.4 Å². The van der Waals surface area contributed by atoms with Crippen molar-refractivity contribution >= 4 is 24.2 Å². The predicted molar refractivity (Wildman–Crippen MR) is 79.9 cm³/mol. The van der Waals surface area contributed by atoms with Crippen LogP contribution in [0.4, 0.5) is 0 Å². The fraction of sp³-hybridized carbons (Fsp3) is 0.429. The third-order valence-corrected chi connectivity index (χ3v) is 3.71. The van der Waals surface area contributed by atoms with Crippen LogP contribution in [-0.4, -0.2) is 24.4 Å². The Balaban J connectivity index is 0.00000200. The van der Waals surface area contributed by atoms with Crippen molar-refractivity contribution in [2.75, 3.05) is 6.54 Å². The normalized spacial score (nSPS) is 21.1. The van der Waals surface area contributed by atoms with E-state index < -0.39 is 5.91 Å². The molecule has 0 radical (unpaired) electrons. The minimum Gasteiger partial charge on any atom is -0.366 e. The van der Waals surface area contributed by atoms with Crippen LogP contribution in [-0.2, 0) is 0 Å². The number of nitrogens with one attached hydrogen (secondary N) is 1. The molecule has 1 aromatic rings. The van der Waals surface area contributed by atoms with Gasteiger partial charge in [-0.05, 0) is 49.6 Å². The standard InChI is InChI=1S/C14H19N3O2.ClH/c15-8-11-2-1-3-12(11)17-14(19)10-6-4-9(5-7-10)13(16)18;/h4-7,11-12H,1-3,8,15H2,(H2,16,18)(H,17,19);1H. The van der Waals surface area contributed by atoms with E-state index in [-0.39, 0.29) is 24.4 Å². The molecular weight excluding hydrogens is 278 g/mol. The van der Waals surface area contributed by atoms with E-state index in [1.165, 1.54) is 0 Å². The number of rotatable bonds is 4. The van der Waals surface area contributed by atoms with Gasteiger partial charge in [-0.2, -0.15) is 0 Å². The lowest BCUT2D eigenvalue weighted by atomic mass is 10.0. The molecule has 1 aliphatic rings. The minimum absolute atomic E-state index is 0. The van der Waals surface area contributed by atoms with Crippen LogP contribution in [0.25, 0.3) is 0 Å². The average Bonchev–Trinajstić information content (AvgIpc) is 2.86. The van der Waals surface area contributed by atoms with Crippen LogP contribution in [0.1, 0.15) is 40.0 Å². The van der Waals surface area contributed by atoms with Crippen LogP contribution in [0.15, 0.2) is 24.3 Å². The van der Waals surface area contributed by atoms with Crippen molar-refractivity contribution in [2.45, 2.75) is 25.3 Å². The van der Waals surface area contributed by atoms with E-state index in [0.717, 1.165) is 19.3 Å². The number of hydrogen-bond donors (Lipinski definition) is 3. The van der Waals surface area contributed by atoms with Gasteiger partial charge in [0.2, 0.25) is 5.91 Å². The Morgan fingerprint density at radius 2 is 1.75 bits per heavy atom. The Kier molecular flexibility index (Phi) is 5.98. The van der Waals surface area contributed by atoms with Gasteiger partial charge in [-0.15, -0.1) is 12.4 Å². The number of carbonyl (C=O) groups is 2. The van der Waals surface area contributed by atoms with E-state index in [4.69, 9.17) is 11.5 Å². The second-order valence-electron chi connectivity index (χ2n) is 4.95. The number of amides is 2. The molecule has 1 aromatic carbocycles. The number of primary amides is 1. The van der Waals surface area contributed by atoms with Gasteiger partial charge in [0.15, 0.2) is 0 Å². The van der Waals surface area contributed by atoms with Gasteiger partial charge in [0.1, 0.15) is 0 Å². The van der Waals surface area contributed by atoms with Gasteiger partial charge in [-0.25, -0.2) is 0 Å². The Morgan fingerprint density at radius 1 is 1.15 bits per heavy atom. The second kappa shape index (κ2) is 7.26. The molecule has 2 unspecified atom stereocenters. The summed E-state index contributed by atoms with van der Waals surface area (Å²) in [5, 5.41) is 3.01. The van der Waals surface area contributed by atoms with E-state index in [2.05, 4.69) is 5.32 Å². The van der Waals surface area contributed by atoms with E-state index in [9.17, 15) is 9.59 Å². The molecule has 0 aliphatic heterocycles. The summed E-state index contributed by atoms with van der Waals surface area (Å²) in [7, 11) is 0. The first-order valence-electron chi connectivity index (χ1n) is 6.52. The maximum atomic E-state index is 12.1. The van der Waals surface area contributed by atoms with Gasteiger partial charge in [-0.3, -0.25) is 9.59 Å². The molecule has 2 amide bonds. The summed E-state index contributed by atoms with van der Waals surface area (Å²) >= 11 is 0. The van der Waals surface area contributed by atoms with Crippen molar-refractivity contribution in [1.29, 1.82) is 0 Å². The Morgan fingerprint density at radius 3 is 2.30 bits per heavy atom. The van der Waals surface area contributed by atoms with Gasteiger partial charge in [0, 0.05) is 17.2 Å². The zero-order valence-corrected chi connectivity index (χ0v) is 12.0. The maximum Gasteiger partial charge on any atom is 0.251 e. The molecule has 0 spiro atoms. The van der Waals surface area contributed by atoms with Crippen molar-refractivity contribution in [3.8, 4) is 0 Å². The van der Waals surface area contributed by atoms with Crippen LogP contribution < -0.4 is 16.8 Å². The first-order chi connectivity index (χ1) is 9.11. The first-order valence-corrected chi connectivity index (χ1v) is 6.52. The van der Waals surface area contributed by atoms with Crippen LogP contribution in [0.3, 0.4) is 0 Å². The molecule has 2 rings (SSSR count). The van der Waals surface area contributed by atoms with Crippen LogP contribution in [0.2, 0.25) is 0 Å². The molecule has 110 valence electrons. The lowest BCUT2D eigenvalue weighted by Crippen LogP contribution is -2.39. The first kappa shape index (κ1) is 16.5. The summed E-state index contributed by atoms with van der Waals surface area (Å²) in [4.78, 5) is 23.0. The van der Waals surface area contributed by atoms with Gasteiger partial charge < -0.3 is 16.8 Å². The Bertz CT molecular complexity index is 476. The summed E-state index contributed by atoms with van der Waals surface area (Å²) in [6.45, 7) is 0.603. The average molecular weight is 298 g/mol. The molecule has 0 heterocycles. The summed E-state index contributed by atoms with van der Waals surface area (Å²) < 4.78 is 0. The van der Waals surface area contributed by atoms with E-state index in [1.54, 1.807) is 24.3 Å². The molecule has 5 nitrogen and oxygen atoms in total. The molecule has 2 atom stereocenters. The van der Waals surface area contributed by atoms with Gasteiger partial charge in [0.05, 0.1) is 0 Å². The van der Waals surface area contributed by atoms with Crippen molar-refractivity contribution in [2.24, 2.45) is 17.4 Å². The highest BCUT2D eigenvalue weighted by atomic mass is 35.5. The fourth-order valence-electron chi connectivity index (χ4n) is 2.55. The number of benzene rings is 1. The molecular formula is C14H20ClN3O2. The number of hydrogen-bond acceptors (Lipinski definition) is 3. The number of nitrogens with two attached hydrogens (primary N) is 2. The van der Waals surface area contributed by atoms with Crippen molar-refractivity contribution in [3.63, 3.8) is 0 Å². The maximum absolute atomic E-state index is 12.1. The molecule has 5 N–H and O–H groups in total.